The van der Waals surface area contributed by atoms with E-state index in [4.69, 9.17) is 16.9 Å². The molecule has 0 bridgehead atoms. The molecule has 19 heavy (non-hydrogen) atoms. The topological polar surface area (TPSA) is 114 Å². The maximum Gasteiger partial charge on any atom is 0.193 e. The first kappa shape index (κ1) is 13.5. The smallest absolute Gasteiger partial charge is 0.193 e. The van der Waals surface area contributed by atoms with Crippen molar-refractivity contribution in [3.8, 4) is 10.7 Å². The lowest BCUT2D eigenvalue weighted by atomic mass is 10.4. The molecule has 0 spiro atoms. The van der Waals surface area contributed by atoms with Crippen LogP contribution in [0.3, 0.4) is 0 Å². The van der Waals surface area contributed by atoms with E-state index in [1.807, 2.05) is 23.6 Å². The molecule has 5 N–H and O–H groups in total. The molecule has 0 aromatic carbocycles. The van der Waals surface area contributed by atoms with E-state index in [0.717, 1.165) is 16.4 Å². The highest BCUT2D eigenvalue weighted by atomic mass is 32.2. The Hall–Kier alpha value is -1.93. The maximum atomic E-state index is 7.52. The summed E-state index contributed by atoms with van der Waals surface area (Å²) in [6.45, 7) is 0. The Morgan fingerprint density at radius 3 is 2.95 bits per heavy atom. The number of aromatic nitrogens is 2. The lowest BCUT2D eigenvalue weighted by molar-refractivity contribution is 1.21. The van der Waals surface area contributed by atoms with Gasteiger partial charge < -0.3 is 11.5 Å². The van der Waals surface area contributed by atoms with E-state index >= 15 is 0 Å². The van der Waals surface area contributed by atoms with E-state index in [-0.39, 0.29) is 11.1 Å². The second kappa shape index (κ2) is 6.30. The summed E-state index contributed by atoms with van der Waals surface area (Å²) < 4.78 is 0. The summed E-state index contributed by atoms with van der Waals surface area (Å²) >= 11 is 2.75. The van der Waals surface area contributed by atoms with Gasteiger partial charge in [0.1, 0.15) is 5.01 Å². The molecule has 2 aromatic rings. The monoisotopic (exact) mass is 292 g/mol. The zero-order valence-electron chi connectivity index (χ0n) is 9.91. The molecule has 0 aliphatic carbocycles. The fourth-order valence-electron chi connectivity index (χ4n) is 1.27. The van der Waals surface area contributed by atoms with Gasteiger partial charge in [-0.05, 0) is 12.1 Å². The van der Waals surface area contributed by atoms with E-state index < -0.39 is 0 Å². The van der Waals surface area contributed by atoms with Gasteiger partial charge in [-0.3, -0.25) is 10.4 Å². The van der Waals surface area contributed by atoms with E-state index in [2.05, 4.69) is 15.0 Å². The van der Waals surface area contributed by atoms with Crippen molar-refractivity contribution < 1.29 is 0 Å². The van der Waals surface area contributed by atoms with Gasteiger partial charge in [-0.25, -0.2) is 4.98 Å². The van der Waals surface area contributed by atoms with E-state index in [1.165, 1.54) is 23.1 Å². The minimum absolute atomic E-state index is 0.0763. The van der Waals surface area contributed by atoms with Crippen LogP contribution in [0.4, 0.5) is 0 Å². The van der Waals surface area contributed by atoms with E-state index in [1.54, 1.807) is 6.20 Å². The van der Waals surface area contributed by atoms with Crippen molar-refractivity contribution in [1.82, 2.24) is 9.97 Å². The number of amidine groups is 1. The number of guanidine groups is 1. The number of thioether (sulfide) groups is 1. The normalized spacial score (nSPS) is 10.1. The standard InChI is InChI=1S/C11H12N6S2/c12-10(13)17-11(14)19-6-7-5-18-9(16-7)8-3-1-2-4-15-8/h1-5H,6H2,(H5,12,13,14,17). The van der Waals surface area contributed by atoms with Crippen LogP contribution in [0.25, 0.3) is 10.7 Å². The highest BCUT2D eigenvalue weighted by Crippen LogP contribution is 2.23. The Morgan fingerprint density at radius 2 is 2.26 bits per heavy atom. The molecular weight excluding hydrogens is 280 g/mol. The van der Waals surface area contributed by atoms with Crippen LogP contribution in [0.2, 0.25) is 0 Å². The van der Waals surface area contributed by atoms with Gasteiger partial charge in [0.2, 0.25) is 0 Å². The molecule has 0 radical (unpaired) electrons. The van der Waals surface area contributed by atoms with Crippen molar-refractivity contribution in [2.75, 3.05) is 0 Å². The Morgan fingerprint density at radius 1 is 1.42 bits per heavy atom. The predicted molar refractivity (Wildman–Crippen MR) is 80.2 cm³/mol. The number of rotatable bonds is 3. The maximum absolute atomic E-state index is 7.52. The van der Waals surface area contributed by atoms with Gasteiger partial charge in [0.05, 0.1) is 11.4 Å². The molecule has 0 aliphatic rings. The molecule has 2 heterocycles. The van der Waals surface area contributed by atoms with Gasteiger partial charge in [0, 0.05) is 17.3 Å². The molecule has 8 heteroatoms. The Kier molecular flexibility index (Phi) is 4.48. The van der Waals surface area contributed by atoms with Crippen molar-refractivity contribution in [3.63, 3.8) is 0 Å². The second-order valence-electron chi connectivity index (χ2n) is 3.49. The van der Waals surface area contributed by atoms with Crippen LogP contribution in [-0.2, 0) is 5.75 Å². The third-order valence-corrected chi connectivity index (χ3v) is 3.74. The van der Waals surface area contributed by atoms with Gasteiger partial charge in [-0.15, -0.1) is 11.3 Å². The average Bonchev–Trinajstić information content (AvgIpc) is 2.85. The SMILES string of the molecule is N=C(N=C(N)N)SCc1csc(-c2ccccn2)n1. The Balaban J connectivity index is 1.99. The van der Waals surface area contributed by atoms with Gasteiger partial charge in [0.25, 0.3) is 0 Å². The molecular formula is C11H12N6S2. The predicted octanol–water partition coefficient (Wildman–Crippen LogP) is 1.65. The lowest BCUT2D eigenvalue weighted by Crippen LogP contribution is -2.23. The van der Waals surface area contributed by atoms with Crippen molar-refractivity contribution >= 4 is 34.2 Å². The van der Waals surface area contributed by atoms with Crippen molar-refractivity contribution in [2.45, 2.75) is 5.75 Å². The molecule has 0 amide bonds. The van der Waals surface area contributed by atoms with Crippen molar-refractivity contribution in [1.29, 1.82) is 5.41 Å². The van der Waals surface area contributed by atoms with Crippen LogP contribution in [0.5, 0.6) is 0 Å². The van der Waals surface area contributed by atoms with Crippen LogP contribution >= 0.6 is 23.1 Å². The minimum Gasteiger partial charge on any atom is -0.370 e. The van der Waals surface area contributed by atoms with Gasteiger partial charge in [-0.1, -0.05) is 17.8 Å². The average molecular weight is 292 g/mol. The molecule has 0 saturated heterocycles. The van der Waals surface area contributed by atoms with Gasteiger partial charge >= 0.3 is 0 Å². The van der Waals surface area contributed by atoms with Crippen molar-refractivity contribution in [2.24, 2.45) is 16.5 Å². The van der Waals surface area contributed by atoms with Crippen LogP contribution < -0.4 is 11.5 Å². The molecule has 2 aromatic heterocycles. The number of pyridine rings is 1. The number of nitrogens with two attached hydrogens (primary N) is 2. The number of hydrogen-bond acceptors (Lipinski definition) is 5. The first-order valence-corrected chi connectivity index (χ1v) is 7.18. The first-order valence-electron chi connectivity index (χ1n) is 5.32. The van der Waals surface area contributed by atoms with Crippen LogP contribution in [0.1, 0.15) is 5.69 Å². The van der Waals surface area contributed by atoms with Gasteiger partial charge in [-0.2, -0.15) is 4.99 Å². The quantitative estimate of drug-likeness (QED) is 0.588. The summed E-state index contributed by atoms with van der Waals surface area (Å²) in [5.74, 6) is 0.448. The molecule has 6 nitrogen and oxygen atoms in total. The molecule has 0 unspecified atom stereocenters. The van der Waals surface area contributed by atoms with Crippen molar-refractivity contribution in [3.05, 3.63) is 35.5 Å². The second-order valence-corrected chi connectivity index (χ2v) is 5.31. The van der Waals surface area contributed by atoms with Crippen LogP contribution in [-0.4, -0.2) is 21.1 Å². The fraction of sp³-hybridized carbons (Fsp3) is 0.0909. The zero-order chi connectivity index (χ0) is 13.7. The highest BCUT2D eigenvalue weighted by molar-refractivity contribution is 8.13. The molecule has 0 saturated carbocycles. The molecule has 0 aliphatic heterocycles. The third kappa shape index (κ3) is 4.04. The molecule has 0 atom stereocenters. The summed E-state index contributed by atoms with van der Waals surface area (Å²) in [4.78, 5) is 12.3. The number of nitrogens with zero attached hydrogens (tertiary/aromatic N) is 3. The zero-order valence-corrected chi connectivity index (χ0v) is 11.5. The fourth-order valence-corrected chi connectivity index (χ4v) is 2.78. The summed E-state index contributed by atoms with van der Waals surface area (Å²) in [5.41, 5.74) is 12.1. The number of thiazole rings is 1. The van der Waals surface area contributed by atoms with E-state index in [0.29, 0.717) is 5.75 Å². The number of nitrogens with one attached hydrogen (secondary N) is 1. The number of aliphatic imine (C=N–C) groups is 1. The summed E-state index contributed by atoms with van der Waals surface area (Å²) in [5, 5.41) is 10.4. The summed E-state index contributed by atoms with van der Waals surface area (Å²) in [6, 6.07) is 5.70. The molecule has 2 rings (SSSR count). The summed E-state index contributed by atoms with van der Waals surface area (Å²) in [7, 11) is 0. The first-order chi connectivity index (χ1) is 9.15. The third-order valence-electron chi connectivity index (χ3n) is 2.02. The molecule has 0 fully saturated rings. The highest BCUT2D eigenvalue weighted by Gasteiger charge is 2.06. The minimum atomic E-state index is -0.107. The van der Waals surface area contributed by atoms with Gasteiger partial charge in [0.15, 0.2) is 11.1 Å². The van der Waals surface area contributed by atoms with Crippen LogP contribution in [0.15, 0.2) is 34.8 Å². The Labute approximate surface area is 118 Å². The van der Waals surface area contributed by atoms with E-state index in [9.17, 15) is 0 Å². The Bertz CT molecular complexity index is 588. The molecule has 98 valence electrons. The summed E-state index contributed by atoms with van der Waals surface area (Å²) in [6.07, 6.45) is 1.74. The lowest BCUT2D eigenvalue weighted by Gasteiger charge is -1.96. The number of hydrogen-bond donors (Lipinski definition) is 3. The van der Waals surface area contributed by atoms with Crippen LogP contribution in [0, 0.1) is 5.41 Å². The largest absolute Gasteiger partial charge is 0.370 e.